The molecule has 0 bridgehead atoms. The van der Waals surface area contributed by atoms with Crippen molar-refractivity contribution in [2.75, 3.05) is 0 Å². The number of hydrogen-bond donors (Lipinski definition) is 0. The molecule has 0 N–H and O–H groups in total. The molecule has 0 radical (unpaired) electrons. The Balaban J connectivity index is 1.84. The van der Waals surface area contributed by atoms with Crippen molar-refractivity contribution < 1.29 is 9.47 Å². The van der Waals surface area contributed by atoms with Crippen molar-refractivity contribution >= 4 is 0 Å². The lowest BCUT2D eigenvalue weighted by Gasteiger charge is -2.43. The average Bonchev–Trinajstić information content (AvgIpc) is 2.58. The maximum atomic E-state index is 6.02. The minimum atomic E-state index is 0.451. The first-order valence-corrected chi connectivity index (χ1v) is 11.5. The first-order chi connectivity index (χ1) is 13.0. The lowest BCUT2D eigenvalue weighted by atomic mass is 9.70. The minimum Gasteiger partial charge on any atom is -0.375 e. The van der Waals surface area contributed by atoms with E-state index in [0.29, 0.717) is 29.8 Å². The van der Waals surface area contributed by atoms with E-state index in [9.17, 15) is 0 Å². The van der Waals surface area contributed by atoms with Crippen LogP contribution in [0.3, 0.4) is 0 Å². The van der Waals surface area contributed by atoms with Gasteiger partial charge >= 0.3 is 0 Å². The van der Waals surface area contributed by atoms with Gasteiger partial charge in [0, 0.05) is 0 Å². The molecule has 5 atom stereocenters. The van der Waals surface area contributed by atoms with E-state index >= 15 is 0 Å². The van der Waals surface area contributed by atoms with Crippen molar-refractivity contribution in [3.8, 4) is 0 Å². The third kappa shape index (κ3) is 7.38. The molecule has 0 aromatic carbocycles. The molecule has 2 nitrogen and oxygen atoms in total. The minimum absolute atomic E-state index is 0.451. The number of rotatable bonds is 15. The molecule has 0 amide bonds. The Bertz CT molecular complexity index is 424. The Hall–Kier alpha value is -0.600. The van der Waals surface area contributed by atoms with Gasteiger partial charge in [-0.05, 0) is 83.0 Å². The van der Waals surface area contributed by atoms with E-state index in [1.165, 1.54) is 64.2 Å². The topological polar surface area (TPSA) is 18.5 Å². The van der Waals surface area contributed by atoms with Gasteiger partial charge in [0.15, 0.2) is 0 Å². The van der Waals surface area contributed by atoms with E-state index in [1.807, 2.05) is 0 Å². The summed E-state index contributed by atoms with van der Waals surface area (Å²) in [5.74, 6) is 0.722. The van der Waals surface area contributed by atoms with E-state index in [1.54, 1.807) is 0 Å². The van der Waals surface area contributed by atoms with Crippen LogP contribution in [0.15, 0.2) is 25.3 Å². The van der Waals surface area contributed by atoms with Gasteiger partial charge in [0.25, 0.3) is 0 Å². The van der Waals surface area contributed by atoms with Crippen LogP contribution in [0.4, 0.5) is 0 Å². The second-order valence-electron chi connectivity index (χ2n) is 9.37. The van der Waals surface area contributed by atoms with E-state index in [4.69, 9.17) is 9.47 Å². The smallest absolute Gasteiger partial charge is 0.0608 e. The van der Waals surface area contributed by atoms with Crippen molar-refractivity contribution in [3.05, 3.63) is 25.3 Å². The van der Waals surface area contributed by atoms with Crippen molar-refractivity contribution in [2.45, 2.75) is 122 Å². The highest BCUT2D eigenvalue weighted by atomic mass is 16.5. The zero-order valence-electron chi connectivity index (χ0n) is 18.3. The predicted octanol–water partition coefficient (Wildman–Crippen LogP) is 7.24. The molecular weight excluding hydrogens is 332 g/mol. The zero-order valence-corrected chi connectivity index (χ0v) is 18.3. The molecule has 2 aliphatic heterocycles. The largest absolute Gasteiger partial charge is 0.375 e. The SMILES string of the molecule is C=CCC(CC=C)CCCC(CC)(CCCC1CC(C)O1)CC1CC(C)O1. The van der Waals surface area contributed by atoms with E-state index in [0.717, 1.165) is 18.8 Å². The molecule has 2 rings (SSSR count). The summed E-state index contributed by atoms with van der Waals surface area (Å²) in [5, 5.41) is 0. The van der Waals surface area contributed by atoms with Crippen LogP contribution in [-0.4, -0.2) is 24.4 Å². The van der Waals surface area contributed by atoms with Crippen LogP contribution in [0.25, 0.3) is 0 Å². The molecule has 0 aliphatic carbocycles. The lowest BCUT2D eigenvalue weighted by molar-refractivity contribution is -0.136. The van der Waals surface area contributed by atoms with Gasteiger partial charge in [0.05, 0.1) is 24.4 Å². The third-order valence-corrected chi connectivity index (χ3v) is 7.00. The Morgan fingerprint density at radius 3 is 2.04 bits per heavy atom. The summed E-state index contributed by atoms with van der Waals surface area (Å²) in [6.45, 7) is 14.7. The monoisotopic (exact) mass is 376 g/mol. The fourth-order valence-corrected chi connectivity index (χ4v) is 5.28. The molecule has 0 spiro atoms. The molecular formula is C25H44O2. The summed E-state index contributed by atoms with van der Waals surface area (Å²) in [7, 11) is 0. The average molecular weight is 377 g/mol. The van der Waals surface area contributed by atoms with Gasteiger partial charge in [-0.15, -0.1) is 13.2 Å². The highest BCUT2D eigenvalue weighted by Gasteiger charge is 2.37. The number of hydrogen-bond acceptors (Lipinski definition) is 2. The van der Waals surface area contributed by atoms with Crippen LogP contribution in [0.5, 0.6) is 0 Å². The highest BCUT2D eigenvalue weighted by Crippen LogP contribution is 2.44. The van der Waals surface area contributed by atoms with Crippen molar-refractivity contribution in [3.63, 3.8) is 0 Å². The quantitative estimate of drug-likeness (QED) is 0.280. The van der Waals surface area contributed by atoms with Gasteiger partial charge < -0.3 is 9.47 Å². The normalized spacial score (nSPS) is 29.6. The van der Waals surface area contributed by atoms with Crippen LogP contribution in [0.1, 0.15) is 97.8 Å². The zero-order chi connectivity index (χ0) is 19.7. The van der Waals surface area contributed by atoms with Crippen LogP contribution in [0.2, 0.25) is 0 Å². The second kappa shape index (κ2) is 11.4. The summed E-state index contributed by atoms with van der Waals surface area (Å²) in [4.78, 5) is 0. The van der Waals surface area contributed by atoms with Crippen molar-refractivity contribution in [2.24, 2.45) is 11.3 Å². The Labute approximate surface area is 168 Å². The van der Waals surface area contributed by atoms with Gasteiger partial charge in [-0.25, -0.2) is 0 Å². The van der Waals surface area contributed by atoms with Crippen LogP contribution in [0, 0.1) is 11.3 Å². The Morgan fingerprint density at radius 2 is 1.52 bits per heavy atom. The summed E-state index contributed by atoms with van der Waals surface area (Å²) in [6, 6.07) is 0. The highest BCUT2D eigenvalue weighted by molar-refractivity contribution is 4.88. The van der Waals surface area contributed by atoms with Gasteiger partial charge in [-0.1, -0.05) is 38.3 Å². The van der Waals surface area contributed by atoms with Gasteiger partial charge in [-0.3, -0.25) is 0 Å². The molecule has 156 valence electrons. The first-order valence-electron chi connectivity index (χ1n) is 11.5. The molecule has 2 heterocycles. The number of ether oxygens (including phenoxy) is 2. The second-order valence-corrected chi connectivity index (χ2v) is 9.37. The molecule has 27 heavy (non-hydrogen) atoms. The molecule has 0 saturated carbocycles. The molecule has 2 aliphatic rings. The molecule has 0 aromatic heterocycles. The maximum Gasteiger partial charge on any atom is 0.0608 e. The standard InChI is InChI=1S/C25H44O2/c1-6-11-22(12-7-2)13-9-15-25(8-3,19-24-18-21(5)27-24)16-10-14-23-17-20(4)26-23/h6-7,20-24H,1-2,8-19H2,3-5H3. The molecule has 0 aromatic rings. The van der Waals surface area contributed by atoms with Crippen molar-refractivity contribution in [1.82, 2.24) is 0 Å². The predicted molar refractivity (Wildman–Crippen MR) is 116 cm³/mol. The molecule has 2 saturated heterocycles. The summed E-state index contributed by atoms with van der Waals surface area (Å²) in [6.07, 6.45) is 21.2. The summed E-state index contributed by atoms with van der Waals surface area (Å²) >= 11 is 0. The molecule has 2 fully saturated rings. The fraction of sp³-hybridized carbons (Fsp3) is 0.840. The Kier molecular flexibility index (Phi) is 9.59. The van der Waals surface area contributed by atoms with Crippen molar-refractivity contribution in [1.29, 1.82) is 0 Å². The van der Waals surface area contributed by atoms with E-state index in [2.05, 4.69) is 46.1 Å². The third-order valence-electron chi connectivity index (χ3n) is 7.00. The van der Waals surface area contributed by atoms with Gasteiger partial charge in [0.1, 0.15) is 0 Å². The lowest BCUT2D eigenvalue weighted by Crippen LogP contribution is -2.40. The maximum absolute atomic E-state index is 6.02. The van der Waals surface area contributed by atoms with Crippen LogP contribution >= 0.6 is 0 Å². The van der Waals surface area contributed by atoms with Crippen LogP contribution < -0.4 is 0 Å². The Morgan fingerprint density at radius 1 is 0.963 bits per heavy atom. The first kappa shape index (κ1) is 22.7. The van der Waals surface area contributed by atoms with E-state index < -0.39 is 0 Å². The van der Waals surface area contributed by atoms with Gasteiger partial charge in [0.2, 0.25) is 0 Å². The van der Waals surface area contributed by atoms with Crippen LogP contribution in [-0.2, 0) is 9.47 Å². The summed E-state index contributed by atoms with van der Waals surface area (Å²) in [5.41, 5.74) is 0.451. The number of allylic oxidation sites excluding steroid dienone is 2. The van der Waals surface area contributed by atoms with E-state index in [-0.39, 0.29) is 0 Å². The fourth-order valence-electron chi connectivity index (χ4n) is 5.28. The van der Waals surface area contributed by atoms with Gasteiger partial charge in [-0.2, -0.15) is 0 Å². The molecule has 5 unspecified atom stereocenters. The summed E-state index contributed by atoms with van der Waals surface area (Å²) < 4.78 is 11.9. The molecule has 2 heteroatoms.